The first-order valence-electron chi connectivity index (χ1n) is 12.2. The van der Waals surface area contributed by atoms with Gasteiger partial charge >= 0.3 is 5.97 Å². The Hall–Kier alpha value is -4.19. The summed E-state index contributed by atoms with van der Waals surface area (Å²) in [7, 11) is 0. The molecule has 0 aliphatic heterocycles. The zero-order valence-electron chi connectivity index (χ0n) is 20.5. The topological polar surface area (TPSA) is 74.4 Å². The lowest BCUT2D eigenvalue weighted by Crippen LogP contribution is -2.06. The Balaban J connectivity index is 1.44. The number of hydrogen-bond donors (Lipinski definition) is 0. The zero-order chi connectivity index (χ0) is 25.5. The fourth-order valence-corrected chi connectivity index (χ4v) is 4.33. The Kier molecular flexibility index (Phi) is 7.95. The number of unbranched alkanes of at least 4 members (excludes halogenated alkanes) is 3. The van der Waals surface area contributed by atoms with Crippen molar-refractivity contribution in [3.8, 4) is 0 Å². The van der Waals surface area contributed by atoms with Gasteiger partial charge in [-0.25, -0.2) is 4.79 Å². The third-order valence-electron chi connectivity index (χ3n) is 6.23. The monoisotopic (exact) mass is 482 g/mol. The average Bonchev–Trinajstić information content (AvgIpc) is 3.20. The van der Waals surface area contributed by atoms with Crippen LogP contribution in [0.4, 0.5) is 5.69 Å². The summed E-state index contributed by atoms with van der Waals surface area (Å²) in [6.45, 7) is 6.62. The highest BCUT2D eigenvalue weighted by Crippen LogP contribution is 2.31. The van der Waals surface area contributed by atoms with E-state index in [0.29, 0.717) is 12.2 Å². The summed E-state index contributed by atoms with van der Waals surface area (Å²) >= 11 is 0. The van der Waals surface area contributed by atoms with Crippen LogP contribution in [0.3, 0.4) is 0 Å². The van der Waals surface area contributed by atoms with Gasteiger partial charge < -0.3 is 9.30 Å². The van der Waals surface area contributed by atoms with Gasteiger partial charge in [-0.1, -0.05) is 49.4 Å². The first-order valence-corrected chi connectivity index (χ1v) is 12.2. The molecule has 0 saturated heterocycles. The van der Waals surface area contributed by atoms with E-state index in [1.54, 1.807) is 19.1 Å². The van der Waals surface area contributed by atoms with Gasteiger partial charge in [0.2, 0.25) is 0 Å². The van der Waals surface area contributed by atoms with E-state index >= 15 is 0 Å². The summed E-state index contributed by atoms with van der Waals surface area (Å²) in [4.78, 5) is 21.9. The van der Waals surface area contributed by atoms with Gasteiger partial charge in [0.1, 0.15) is 0 Å². The van der Waals surface area contributed by atoms with Gasteiger partial charge in [-0.05, 0) is 67.6 Å². The Morgan fingerprint density at radius 2 is 1.58 bits per heavy atom. The van der Waals surface area contributed by atoms with Crippen LogP contribution in [0.25, 0.3) is 34.0 Å². The molecule has 36 heavy (non-hydrogen) atoms. The van der Waals surface area contributed by atoms with E-state index in [2.05, 4.69) is 53.6 Å². The Labute approximate surface area is 210 Å². The number of aromatic nitrogens is 1. The number of nitro groups is 1. The molecule has 1 heterocycles. The molecule has 1 aromatic heterocycles. The van der Waals surface area contributed by atoms with Gasteiger partial charge in [-0.15, -0.1) is 0 Å². The van der Waals surface area contributed by atoms with Crippen LogP contribution in [0.2, 0.25) is 0 Å². The molecule has 0 radical (unpaired) electrons. The van der Waals surface area contributed by atoms with Crippen LogP contribution in [0, 0.1) is 10.1 Å². The van der Waals surface area contributed by atoms with Crippen LogP contribution in [-0.4, -0.2) is 22.1 Å². The predicted octanol–water partition coefficient (Wildman–Crippen LogP) is 7.55. The Morgan fingerprint density at radius 1 is 0.917 bits per heavy atom. The van der Waals surface area contributed by atoms with Gasteiger partial charge in [0, 0.05) is 46.1 Å². The van der Waals surface area contributed by atoms with E-state index in [1.165, 1.54) is 33.9 Å². The number of rotatable bonds is 11. The molecule has 6 heteroatoms. The van der Waals surface area contributed by atoms with Crippen molar-refractivity contribution in [1.29, 1.82) is 0 Å². The second-order valence-corrected chi connectivity index (χ2v) is 8.96. The fourth-order valence-electron chi connectivity index (χ4n) is 4.33. The highest BCUT2D eigenvalue weighted by molar-refractivity contribution is 6.08. The van der Waals surface area contributed by atoms with Crippen LogP contribution >= 0.6 is 0 Å². The van der Waals surface area contributed by atoms with Gasteiger partial charge in [-0.2, -0.15) is 0 Å². The Morgan fingerprint density at radius 3 is 2.33 bits per heavy atom. The standard InChI is InChI=1S/C30H30N2O4/c1-22(2)30(33)36-20-8-4-3-7-19-31-28-10-6-5-9-26(28)27-21-24(15-18-29(27)31)12-11-23-13-16-25(17-14-23)32(34)35/h5-6,9-18,21H,1,3-4,7-8,19-20H2,2H3/b12-11+. The van der Waals surface area contributed by atoms with E-state index < -0.39 is 0 Å². The molecule has 0 spiro atoms. The van der Waals surface area contributed by atoms with Gasteiger partial charge in [0.05, 0.1) is 11.5 Å². The number of carbonyl (C=O) groups excluding carboxylic acids is 1. The number of carbonyl (C=O) groups is 1. The van der Waals surface area contributed by atoms with Gasteiger partial charge in [0.25, 0.3) is 5.69 Å². The van der Waals surface area contributed by atoms with Crippen LogP contribution in [0.5, 0.6) is 0 Å². The van der Waals surface area contributed by atoms with E-state index in [1.807, 2.05) is 12.2 Å². The number of nitro benzene ring substituents is 1. The molecule has 0 fully saturated rings. The van der Waals surface area contributed by atoms with Crippen molar-refractivity contribution < 1.29 is 14.5 Å². The molecule has 0 amide bonds. The number of aryl methyl sites for hydroxylation is 1. The van der Waals surface area contributed by atoms with Gasteiger partial charge in [-0.3, -0.25) is 10.1 Å². The second-order valence-electron chi connectivity index (χ2n) is 8.96. The van der Waals surface area contributed by atoms with Crippen molar-refractivity contribution in [2.45, 2.75) is 39.2 Å². The molecule has 0 bridgehead atoms. The summed E-state index contributed by atoms with van der Waals surface area (Å²) in [5.74, 6) is -0.317. The summed E-state index contributed by atoms with van der Waals surface area (Å²) in [6.07, 6.45) is 7.98. The minimum absolute atomic E-state index is 0.0904. The largest absolute Gasteiger partial charge is 0.462 e. The first-order chi connectivity index (χ1) is 17.4. The van der Waals surface area contributed by atoms with E-state index in [0.717, 1.165) is 43.4 Å². The van der Waals surface area contributed by atoms with Crippen LogP contribution in [0.1, 0.15) is 43.7 Å². The van der Waals surface area contributed by atoms with Crippen molar-refractivity contribution >= 4 is 45.6 Å². The maximum atomic E-state index is 11.5. The molecular formula is C30H30N2O4. The van der Waals surface area contributed by atoms with Crippen LogP contribution < -0.4 is 0 Å². The molecule has 0 atom stereocenters. The number of non-ortho nitro benzene ring substituents is 1. The predicted molar refractivity (Wildman–Crippen MR) is 146 cm³/mol. The number of hydrogen-bond acceptors (Lipinski definition) is 4. The summed E-state index contributed by atoms with van der Waals surface area (Å²) in [5.41, 5.74) is 4.95. The highest BCUT2D eigenvalue weighted by Gasteiger charge is 2.10. The fraction of sp³-hybridized carbons (Fsp3) is 0.233. The lowest BCUT2D eigenvalue weighted by Gasteiger charge is -2.08. The van der Waals surface area contributed by atoms with Crippen molar-refractivity contribution in [3.05, 3.63) is 100 Å². The number of benzene rings is 3. The molecular weight excluding hydrogens is 452 g/mol. The highest BCUT2D eigenvalue weighted by atomic mass is 16.6. The van der Waals surface area contributed by atoms with Crippen molar-refractivity contribution in [2.24, 2.45) is 0 Å². The number of ether oxygens (including phenoxy) is 1. The van der Waals surface area contributed by atoms with Crippen molar-refractivity contribution in [2.75, 3.05) is 6.61 Å². The van der Waals surface area contributed by atoms with E-state index in [4.69, 9.17) is 4.74 Å². The van der Waals surface area contributed by atoms with Crippen molar-refractivity contribution in [3.63, 3.8) is 0 Å². The molecule has 0 unspecified atom stereocenters. The first kappa shape index (κ1) is 24.9. The lowest BCUT2D eigenvalue weighted by atomic mass is 10.1. The summed E-state index contributed by atoms with van der Waals surface area (Å²) in [6, 6.07) is 21.5. The maximum absolute atomic E-state index is 11.5. The second kappa shape index (κ2) is 11.5. The SMILES string of the molecule is C=C(C)C(=O)OCCCCCCn1c2ccccc2c2cc(/C=C/c3ccc([N+](=O)[O-])cc3)ccc21. The van der Waals surface area contributed by atoms with E-state index in [-0.39, 0.29) is 16.6 Å². The summed E-state index contributed by atoms with van der Waals surface area (Å²) in [5, 5.41) is 13.3. The average molecular weight is 483 g/mol. The zero-order valence-corrected chi connectivity index (χ0v) is 20.5. The molecule has 0 aliphatic carbocycles. The minimum Gasteiger partial charge on any atom is -0.462 e. The molecule has 3 aromatic carbocycles. The number of para-hydroxylation sites is 1. The minimum atomic E-state index is -0.390. The summed E-state index contributed by atoms with van der Waals surface area (Å²) < 4.78 is 7.55. The maximum Gasteiger partial charge on any atom is 0.333 e. The van der Waals surface area contributed by atoms with Crippen molar-refractivity contribution in [1.82, 2.24) is 4.57 Å². The van der Waals surface area contributed by atoms with Gasteiger partial charge in [0.15, 0.2) is 0 Å². The van der Waals surface area contributed by atoms with Crippen LogP contribution in [0.15, 0.2) is 78.9 Å². The molecule has 4 rings (SSSR count). The molecule has 4 aromatic rings. The number of esters is 1. The molecule has 0 saturated carbocycles. The Bertz CT molecular complexity index is 1430. The number of fused-ring (bicyclic) bond motifs is 3. The molecule has 6 nitrogen and oxygen atoms in total. The molecule has 0 N–H and O–H groups in total. The van der Waals surface area contributed by atoms with E-state index in [9.17, 15) is 14.9 Å². The van der Waals surface area contributed by atoms with Crippen LogP contribution in [-0.2, 0) is 16.1 Å². The smallest absolute Gasteiger partial charge is 0.333 e. The third-order valence-corrected chi connectivity index (χ3v) is 6.23. The normalized spacial score (nSPS) is 11.4. The molecule has 0 aliphatic rings. The lowest BCUT2D eigenvalue weighted by molar-refractivity contribution is -0.384. The third kappa shape index (κ3) is 5.89. The molecule has 184 valence electrons. The number of nitrogens with zero attached hydrogens (tertiary/aromatic N) is 2. The quantitative estimate of drug-likeness (QED) is 0.0552.